The normalized spacial score (nSPS) is 12.8. The molecule has 0 spiro atoms. The van der Waals surface area contributed by atoms with Gasteiger partial charge in [0.1, 0.15) is 16.4 Å². The molecule has 2 heterocycles. The molecule has 1 aliphatic rings. The molecule has 0 radical (unpaired) electrons. The molecule has 7 nitrogen and oxygen atoms in total. The van der Waals surface area contributed by atoms with Gasteiger partial charge < -0.3 is 0 Å². The van der Waals surface area contributed by atoms with Gasteiger partial charge >= 0.3 is 0 Å². The molecule has 2 aromatic carbocycles. The van der Waals surface area contributed by atoms with E-state index in [2.05, 4.69) is 43.9 Å². The largest absolute Gasteiger partial charge is 0.300 e. The van der Waals surface area contributed by atoms with Crippen LogP contribution in [0.25, 0.3) is 33.3 Å². The van der Waals surface area contributed by atoms with Crippen LogP contribution in [0.4, 0.5) is 5.13 Å². The van der Waals surface area contributed by atoms with E-state index in [1.165, 1.54) is 23.1 Å². The Morgan fingerprint density at radius 3 is 2.50 bits per heavy atom. The van der Waals surface area contributed by atoms with E-state index in [-0.39, 0.29) is 5.91 Å². The zero-order valence-electron chi connectivity index (χ0n) is 15.0. The molecule has 1 atom stereocenters. The average Bonchev–Trinajstić information content (AvgIpc) is 3.25. The number of thioether (sulfide) groups is 1. The molecule has 1 amide bonds. The Labute approximate surface area is 168 Å². The van der Waals surface area contributed by atoms with E-state index < -0.39 is 5.25 Å². The summed E-state index contributed by atoms with van der Waals surface area (Å²) in [4.78, 5) is 17.1. The average molecular weight is 406 g/mol. The Morgan fingerprint density at radius 2 is 1.79 bits per heavy atom. The second-order valence-corrected chi connectivity index (χ2v) is 8.87. The standard InChI is InChI=1S/C19H14N6OS2/c1-9(17(26)21-19-24-22-10(2)28-19)27-18-20-15-12-7-3-5-11-6-4-8-13(14(11)12)16(15)23-25-18/h3-9H,1-2H3,(H,21,24,26). The van der Waals surface area contributed by atoms with E-state index in [0.717, 1.165) is 38.3 Å². The quantitative estimate of drug-likeness (QED) is 0.452. The maximum absolute atomic E-state index is 12.4. The predicted molar refractivity (Wildman–Crippen MR) is 110 cm³/mol. The molecule has 138 valence electrons. The van der Waals surface area contributed by atoms with Crippen molar-refractivity contribution in [3.05, 3.63) is 41.4 Å². The number of aryl methyl sites for hydroxylation is 1. The number of anilines is 1. The molecule has 0 fully saturated rings. The van der Waals surface area contributed by atoms with Gasteiger partial charge in [-0.2, -0.15) is 0 Å². The molecule has 1 N–H and O–H groups in total. The molecule has 9 heteroatoms. The molecule has 28 heavy (non-hydrogen) atoms. The highest BCUT2D eigenvalue weighted by atomic mass is 32.2. The maximum Gasteiger partial charge on any atom is 0.239 e. The van der Waals surface area contributed by atoms with Gasteiger partial charge in [0.15, 0.2) is 0 Å². The number of amides is 1. The first kappa shape index (κ1) is 17.2. The monoisotopic (exact) mass is 406 g/mol. The van der Waals surface area contributed by atoms with Crippen LogP contribution in [0.15, 0.2) is 41.6 Å². The molecule has 1 unspecified atom stereocenters. The van der Waals surface area contributed by atoms with E-state index in [0.29, 0.717) is 10.3 Å². The van der Waals surface area contributed by atoms with Crippen molar-refractivity contribution in [3.8, 4) is 22.5 Å². The number of nitrogens with zero attached hydrogens (tertiary/aromatic N) is 5. The number of aromatic nitrogens is 5. The van der Waals surface area contributed by atoms with Crippen molar-refractivity contribution in [2.24, 2.45) is 0 Å². The number of rotatable bonds is 4. The first-order valence-corrected chi connectivity index (χ1v) is 10.3. The summed E-state index contributed by atoms with van der Waals surface area (Å²) in [7, 11) is 0. The van der Waals surface area contributed by atoms with Gasteiger partial charge in [-0.05, 0) is 19.2 Å². The fraction of sp³-hybridized carbons (Fsp3) is 0.158. The smallest absolute Gasteiger partial charge is 0.239 e. The second-order valence-electron chi connectivity index (χ2n) is 6.38. The molecule has 0 aliphatic heterocycles. The van der Waals surface area contributed by atoms with Gasteiger partial charge in [0, 0.05) is 16.5 Å². The van der Waals surface area contributed by atoms with Crippen LogP contribution in [0.5, 0.6) is 0 Å². The van der Waals surface area contributed by atoms with Crippen molar-refractivity contribution in [3.63, 3.8) is 0 Å². The van der Waals surface area contributed by atoms with Crippen molar-refractivity contribution in [1.82, 2.24) is 25.4 Å². The molecule has 5 rings (SSSR count). The van der Waals surface area contributed by atoms with Crippen LogP contribution in [-0.2, 0) is 4.79 Å². The highest BCUT2D eigenvalue weighted by molar-refractivity contribution is 8.00. The molecule has 0 bridgehead atoms. The first-order valence-electron chi connectivity index (χ1n) is 8.65. The van der Waals surface area contributed by atoms with Crippen LogP contribution in [0.1, 0.15) is 11.9 Å². The van der Waals surface area contributed by atoms with Crippen molar-refractivity contribution in [2.45, 2.75) is 24.3 Å². The molecule has 0 saturated carbocycles. The Bertz CT molecular complexity index is 1230. The van der Waals surface area contributed by atoms with Crippen LogP contribution in [0.3, 0.4) is 0 Å². The molecule has 4 aromatic rings. The van der Waals surface area contributed by atoms with Crippen LogP contribution >= 0.6 is 23.1 Å². The molecular weight excluding hydrogens is 392 g/mol. The van der Waals surface area contributed by atoms with E-state index >= 15 is 0 Å². The summed E-state index contributed by atoms with van der Waals surface area (Å²) in [6, 6.07) is 12.3. The summed E-state index contributed by atoms with van der Waals surface area (Å²) in [6.45, 7) is 3.65. The Morgan fingerprint density at radius 1 is 1.04 bits per heavy atom. The zero-order chi connectivity index (χ0) is 19.3. The lowest BCUT2D eigenvalue weighted by Crippen LogP contribution is -2.22. The van der Waals surface area contributed by atoms with Gasteiger partial charge in [-0.15, -0.1) is 20.4 Å². The van der Waals surface area contributed by atoms with Crippen LogP contribution < -0.4 is 5.32 Å². The van der Waals surface area contributed by atoms with E-state index in [1.807, 2.05) is 25.1 Å². The van der Waals surface area contributed by atoms with Crippen molar-refractivity contribution < 1.29 is 4.79 Å². The lowest BCUT2D eigenvalue weighted by atomic mass is 10.0. The number of hydrogen-bond donors (Lipinski definition) is 1. The van der Waals surface area contributed by atoms with Gasteiger partial charge in [0.05, 0.1) is 5.25 Å². The summed E-state index contributed by atoms with van der Waals surface area (Å²) < 4.78 is 0. The van der Waals surface area contributed by atoms with Gasteiger partial charge in [-0.3, -0.25) is 10.1 Å². The summed E-state index contributed by atoms with van der Waals surface area (Å²) >= 11 is 2.61. The fourth-order valence-corrected chi connectivity index (χ4v) is 4.54. The van der Waals surface area contributed by atoms with Crippen LogP contribution in [-0.4, -0.2) is 36.5 Å². The van der Waals surface area contributed by atoms with Gasteiger partial charge in [0.2, 0.25) is 16.2 Å². The lowest BCUT2D eigenvalue weighted by Gasteiger charge is -2.09. The number of hydrogen-bond acceptors (Lipinski definition) is 8. The van der Waals surface area contributed by atoms with Crippen molar-refractivity contribution >= 4 is 44.9 Å². The van der Waals surface area contributed by atoms with Gasteiger partial charge in [-0.1, -0.05) is 59.5 Å². The van der Waals surface area contributed by atoms with Crippen molar-refractivity contribution in [2.75, 3.05) is 5.32 Å². The minimum Gasteiger partial charge on any atom is -0.300 e. The molecular formula is C19H14N6OS2. The third kappa shape index (κ3) is 2.83. The summed E-state index contributed by atoms with van der Waals surface area (Å²) in [5.41, 5.74) is 3.72. The van der Waals surface area contributed by atoms with Gasteiger partial charge in [-0.25, -0.2) is 4.98 Å². The summed E-state index contributed by atoms with van der Waals surface area (Å²) in [5, 5.41) is 22.9. The van der Waals surface area contributed by atoms with Crippen molar-refractivity contribution in [1.29, 1.82) is 0 Å². The van der Waals surface area contributed by atoms with Gasteiger partial charge in [0.25, 0.3) is 0 Å². The maximum atomic E-state index is 12.4. The molecule has 0 saturated heterocycles. The minimum absolute atomic E-state index is 0.171. The Hall–Kier alpha value is -2.91. The number of fused-ring (bicyclic) bond motifs is 3. The molecule has 1 aliphatic carbocycles. The highest BCUT2D eigenvalue weighted by Crippen LogP contribution is 2.45. The third-order valence-electron chi connectivity index (χ3n) is 4.49. The zero-order valence-corrected chi connectivity index (χ0v) is 16.6. The fourth-order valence-electron chi connectivity index (χ4n) is 3.23. The van der Waals surface area contributed by atoms with E-state index in [4.69, 9.17) is 4.98 Å². The molecule has 2 aromatic heterocycles. The number of carbonyl (C=O) groups is 1. The lowest BCUT2D eigenvalue weighted by molar-refractivity contribution is -0.115. The van der Waals surface area contributed by atoms with E-state index in [9.17, 15) is 4.79 Å². The highest BCUT2D eigenvalue weighted by Gasteiger charge is 2.26. The van der Waals surface area contributed by atoms with E-state index in [1.54, 1.807) is 6.92 Å². The predicted octanol–water partition coefficient (Wildman–Crippen LogP) is 3.95. The Balaban J connectivity index is 1.42. The number of nitrogens with one attached hydrogen (secondary N) is 1. The first-order chi connectivity index (χ1) is 13.6. The van der Waals surface area contributed by atoms with Crippen LogP contribution in [0, 0.1) is 6.92 Å². The topological polar surface area (TPSA) is 93.6 Å². The number of carbonyl (C=O) groups excluding carboxylic acids is 1. The third-order valence-corrected chi connectivity index (χ3v) is 6.20. The number of benzene rings is 2. The Kier molecular flexibility index (Phi) is 4.06. The van der Waals surface area contributed by atoms with Crippen LogP contribution in [0.2, 0.25) is 0 Å². The summed E-state index contributed by atoms with van der Waals surface area (Å²) in [5.74, 6) is -0.171. The SMILES string of the molecule is Cc1nnc(NC(=O)C(C)Sc2nnc3c(n2)-c2cccc4cccc-3c24)s1. The second kappa shape index (κ2) is 6.61. The summed E-state index contributed by atoms with van der Waals surface area (Å²) in [6.07, 6.45) is 0. The minimum atomic E-state index is -0.399.